The van der Waals surface area contributed by atoms with E-state index in [9.17, 15) is 27.2 Å². The van der Waals surface area contributed by atoms with Gasteiger partial charge in [0.2, 0.25) is 10.0 Å². The fraction of sp³-hybridized carbons (Fsp3) is 0.419. The normalized spacial score (nSPS) is 18.7. The first kappa shape index (κ1) is 34.6. The lowest BCUT2D eigenvalue weighted by atomic mass is 10.0. The number of thioether (sulfide) groups is 1. The van der Waals surface area contributed by atoms with Gasteiger partial charge in [-0.25, -0.2) is 8.42 Å². The van der Waals surface area contributed by atoms with Crippen LogP contribution in [0.4, 0.5) is 14.5 Å². The predicted molar refractivity (Wildman–Crippen MR) is 175 cm³/mol. The van der Waals surface area contributed by atoms with Crippen LogP contribution in [0.2, 0.25) is 10.0 Å². The first-order valence-corrected chi connectivity index (χ1v) is 18.3. The highest BCUT2D eigenvalue weighted by atomic mass is 35.5. The Hall–Kier alpha value is -3.24. The van der Waals surface area contributed by atoms with Crippen LogP contribution in [0, 0.1) is 11.1 Å². The van der Waals surface area contributed by atoms with Gasteiger partial charge < -0.3 is 29.1 Å². The van der Waals surface area contributed by atoms with Crippen molar-refractivity contribution in [3.8, 4) is 17.2 Å². The summed E-state index contributed by atoms with van der Waals surface area (Å²) in [6.07, 6.45) is 2.80. The van der Waals surface area contributed by atoms with E-state index >= 15 is 0 Å². The molecule has 48 heavy (non-hydrogen) atoms. The van der Waals surface area contributed by atoms with Crippen LogP contribution in [0.15, 0.2) is 53.7 Å². The molecular weight excluding hydrogens is 715 g/mol. The third kappa shape index (κ3) is 7.65. The van der Waals surface area contributed by atoms with Crippen LogP contribution in [0.1, 0.15) is 30.1 Å². The zero-order chi connectivity index (χ0) is 34.2. The minimum Gasteiger partial charge on any atom is -0.619 e. The quantitative estimate of drug-likeness (QED) is 0.135. The number of aromatic nitrogens is 1. The second-order valence-electron chi connectivity index (χ2n) is 11.6. The molecule has 1 aromatic heterocycles. The molecule has 0 radical (unpaired) electrons. The molecule has 2 atom stereocenters. The second kappa shape index (κ2) is 14.3. The van der Waals surface area contributed by atoms with E-state index in [1.54, 1.807) is 6.07 Å². The van der Waals surface area contributed by atoms with Crippen molar-refractivity contribution in [3.63, 3.8) is 0 Å². The number of sulfonamides is 1. The van der Waals surface area contributed by atoms with E-state index in [1.165, 1.54) is 42.1 Å². The maximum Gasteiger partial charge on any atom is 0.387 e. The Morgan fingerprint density at radius 3 is 2.60 bits per heavy atom. The van der Waals surface area contributed by atoms with Crippen molar-refractivity contribution in [2.75, 3.05) is 43.3 Å². The molecule has 2 fully saturated rings. The Kier molecular flexibility index (Phi) is 10.3. The number of rotatable bonds is 12. The van der Waals surface area contributed by atoms with E-state index in [0.29, 0.717) is 40.8 Å². The number of fused-ring (bicyclic) bond motifs is 1. The largest absolute Gasteiger partial charge is 0.619 e. The van der Waals surface area contributed by atoms with Crippen LogP contribution >= 0.6 is 35.0 Å². The van der Waals surface area contributed by atoms with Gasteiger partial charge in [-0.3, -0.25) is 4.79 Å². The molecule has 3 aliphatic rings. The molecule has 1 saturated heterocycles. The number of anilines is 1. The molecule has 2 aromatic carbocycles. The molecule has 2 unspecified atom stereocenters. The monoisotopic (exact) mass is 745 g/mol. The van der Waals surface area contributed by atoms with Gasteiger partial charge in [-0.2, -0.15) is 17.8 Å². The van der Waals surface area contributed by atoms with Gasteiger partial charge in [0.15, 0.2) is 23.9 Å². The fourth-order valence-electron chi connectivity index (χ4n) is 5.36. The van der Waals surface area contributed by atoms with Crippen molar-refractivity contribution in [3.05, 3.63) is 75.2 Å². The smallest absolute Gasteiger partial charge is 0.387 e. The molecule has 6 rings (SSSR count). The zero-order valence-corrected chi connectivity index (χ0v) is 28.7. The summed E-state index contributed by atoms with van der Waals surface area (Å²) in [5.74, 6) is -0.0456. The van der Waals surface area contributed by atoms with E-state index in [2.05, 4.69) is 4.74 Å². The van der Waals surface area contributed by atoms with Crippen molar-refractivity contribution < 1.29 is 45.7 Å². The molecule has 1 aliphatic carbocycles. The number of nitrogens with zero attached hydrogens (tertiary/aromatic N) is 3. The maximum atomic E-state index is 13.9. The maximum absolute atomic E-state index is 13.9. The van der Waals surface area contributed by atoms with Gasteiger partial charge in [0.05, 0.1) is 29.6 Å². The summed E-state index contributed by atoms with van der Waals surface area (Å²) in [4.78, 5) is 15.8. The fourth-order valence-corrected chi connectivity index (χ4v) is 9.10. The molecule has 0 amide bonds. The number of likely N-dealkylation sites (N-methyl/N-ethyl adjacent to an activating group) is 1. The number of hydrogen-bond donors (Lipinski definition) is 0. The molecule has 0 N–H and O–H groups in total. The van der Waals surface area contributed by atoms with Gasteiger partial charge >= 0.3 is 12.6 Å². The van der Waals surface area contributed by atoms with E-state index in [-0.39, 0.29) is 56.7 Å². The summed E-state index contributed by atoms with van der Waals surface area (Å²) in [5, 5.41) is 11.9. The van der Waals surface area contributed by atoms with E-state index in [1.807, 2.05) is 11.9 Å². The number of halogens is 4. The summed E-state index contributed by atoms with van der Waals surface area (Å²) in [7, 11) is -2.33. The van der Waals surface area contributed by atoms with Crippen molar-refractivity contribution >= 4 is 56.6 Å². The lowest BCUT2D eigenvalue weighted by Crippen LogP contribution is -2.43. The molecule has 17 heteroatoms. The van der Waals surface area contributed by atoms with E-state index in [4.69, 9.17) is 37.4 Å². The number of pyridine rings is 1. The molecule has 3 heterocycles. The van der Waals surface area contributed by atoms with Crippen molar-refractivity contribution in [2.45, 2.75) is 42.9 Å². The van der Waals surface area contributed by atoms with Crippen LogP contribution in [0.5, 0.6) is 17.2 Å². The number of ether oxygens (including phenoxy) is 4. The van der Waals surface area contributed by atoms with E-state index < -0.39 is 34.7 Å². The first-order valence-electron chi connectivity index (χ1n) is 15.0. The second-order valence-corrected chi connectivity index (χ2v) is 15.3. The average molecular weight is 747 g/mol. The topological polar surface area (TPSA) is 122 Å². The lowest BCUT2D eigenvalue weighted by Gasteiger charge is -2.29. The van der Waals surface area contributed by atoms with Gasteiger partial charge in [0, 0.05) is 24.8 Å². The minimum atomic E-state index is -4.16. The molecule has 11 nitrogen and oxygen atoms in total. The average Bonchev–Trinajstić information content (AvgIpc) is 3.73. The van der Waals surface area contributed by atoms with Crippen LogP contribution in [-0.2, 0) is 26.0 Å². The van der Waals surface area contributed by atoms with Gasteiger partial charge in [0.25, 0.3) is 0 Å². The highest BCUT2D eigenvalue weighted by Crippen LogP contribution is 2.40. The summed E-state index contributed by atoms with van der Waals surface area (Å²) in [6, 6.07) is 7.50. The molecule has 0 spiro atoms. The molecule has 258 valence electrons. The predicted octanol–water partition coefficient (Wildman–Crippen LogP) is 5.44. The van der Waals surface area contributed by atoms with Gasteiger partial charge in [-0.15, -0.1) is 11.8 Å². The molecule has 1 saturated carbocycles. The Balaban J connectivity index is 1.31. The molecule has 0 bridgehead atoms. The molecule has 2 aliphatic heterocycles. The lowest BCUT2D eigenvalue weighted by molar-refractivity contribution is -0.605. The minimum absolute atomic E-state index is 0.00314. The highest BCUT2D eigenvalue weighted by molar-refractivity contribution is 8.00. The Bertz CT molecular complexity index is 1780. The molecule has 3 aromatic rings. The summed E-state index contributed by atoms with van der Waals surface area (Å²) < 4.78 is 77.9. The van der Waals surface area contributed by atoms with Crippen LogP contribution < -0.4 is 23.8 Å². The Labute approximate surface area is 290 Å². The number of carbonyl (C=O) groups excluding carboxylic acids is 1. The van der Waals surface area contributed by atoms with Crippen molar-refractivity contribution in [1.29, 1.82) is 0 Å². The molecular formula is C31H31Cl2F2N3O8S2. The summed E-state index contributed by atoms with van der Waals surface area (Å²) in [6.45, 7) is -1.77. The Morgan fingerprint density at radius 1 is 1.15 bits per heavy atom. The van der Waals surface area contributed by atoms with Gasteiger partial charge in [-0.05, 0) is 54.7 Å². The van der Waals surface area contributed by atoms with Gasteiger partial charge in [0.1, 0.15) is 34.5 Å². The Morgan fingerprint density at radius 2 is 1.90 bits per heavy atom. The van der Waals surface area contributed by atoms with E-state index in [0.717, 1.165) is 29.5 Å². The third-order valence-electron chi connectivity index (χ3n) is 8.18. The summed E-state index contributed by atoms with van der Waals surface area (Å²) in [5.41, 5.74) is 1.21. The zero-order valence-electron chi connectivity index (χ0n) is 25.5. The first-order chi connectivity index (χ1) is 22.9. The van der Waals surface area contributed by atoms with Crippen LogP contribution in [0.25, 0.3) is 0 Å². The standard InChI is InChI=1S/C31H31Cl2F2N3O8S2/c1-36-8-9-43-26-7-5-20(11-24(26)36)48(41,42)38-17-47-16-25(38)30(39)45-28(12-21-22(32)13-37(40)14-23(21)33)19-4-6-27(46-31(34)35)29(10-19)44-15-18-2-3-18/h4-7,10-11,13-14,18,25,28,31H,2-3,8-9,12,15-17H2,1H3. The number of carbonyl (C=O) groups is 1. The number of benzene rings is 2. The summed E-state index contributed by atoms with van der Waals surface area (Å²) >= 11 is 14.0. The van der Waals surface area contributed by atoms with Crippen LogP contribution in [0.3, 0.4) is 0 Å². The van der Waals surface area contributed by atoms with Crippen molar-refractivity contribution in [1.82, 2.24) is 4.31 Å². The highest BCUT2D eigenvalue weighted by Gasteiger charge is 2.42. The van der Waals surface area contributed by atoms with Gasteiger partial charge in [-0.1, -0.05) is 29.3 Å². The number of esters is 1. The van der Waals surface area contributed by atoms with Crippen LogP contribution in [-0.4, -0.2) is 69.8 Å². The SMILES string of the molecule is CN1CCOc2ccc(S(=O)(=O)N3CSCC3C(=O)OC(Cc3c(Cl)c[n+]([O-])cc3Cl)c3ccc(OC(F)F)c(OCC4CC4)c3)cc21. The van der Waals surface area contributed by atoms with Crippen molar-refractivity contribution in [2.24, 2.45) is 5.92 Å². The number of hydrogen-bond acceptors (Lipinski definition) is 10. The third-order valence-corrected chi connectivity index (χ3v) is 11.9. The number of alkyl halides is 2.